The summed E-state index contributed by atoms with van der Waals surface area (Å²) < 4.78 is 0. The minimum absolute atomic E-state index is 0.0953. The second-order valence-corrected chi connectivity index (χ2v) is 5.02. The number of aromatic amines is 1. The zero-order valence-electron chi connectivity index (χ0n) is 11.7. The molecule has 0 fully saturated rings. The van der Waals surface area contributed by atoms with Crippen LogP contribution in [-0.4, -0.2) is 29.0 Å². The molecule has 0 radical (unpaired) electrons. The summed E-state index contributed by atoms with van der Waals surface area (Å²) in [6, 6.07) is 9.10. The largest absolute Gasteiger partial charge is 0.477 e. The van der Waals surface area contributed by atoms with Crippen molar-refractivity contribution in [3.8, 4) is 0 Å². The maximum Gasteiger partial charge on any atom is 0.352 e. The van der Waals surface area contributed by atoms with Gasteiger partial charge in [0.1, 0.15) is 5.69 Å². The Hall–Kier alpha value is -2.82. The Bertz CT molecular complexity index is 787. The van der Waals surface area contributed by atoms with Gasteiger partial charge >= 0.3 is 5.97 Å². The first kappa shape index (κ1) is 13.2. The van der Waals surface area contributed by atoms with E-state index in [1.54, 1.807) is 24.1 Å². The highest BCUT2D eigenvalue weighted by atomic mass is 16.4. The van der Waals surface area contributed by atoms with Gasteiger partial charge in [0.05, 0.1) is 11.3 Å². The minimum atomic E-state index is -1.02. The number of fused-ring (bicyclic) bond motifs is 1. The van der Waals surface area contributed by atoms with Crippen molar-refractivity contribution in [3.05, 3.63) is 52.8 Å². The first-order valence-corrected chi connectivity index (χ1v) is 6.51. The SMILES string of the molecule is Cc1cc(C(=O)O)[nH]c1/C=C1\C(=O)N(C)c2ccccc21. The average Bonchev–Trinajstić information content (AvgIpc) is 2.94. The molecule has 1 aromatic carbocycles. The van der Waals surface area contributed by atoms with Crippen molar-refractivity contribution in [2.45, 2.75) is 6.92 Å². The molecule has 106 valence electrons. The summed E-state index contributed by atoms with van der Waals surface area (Å²) in [7, 11) is 1.73. The first-order valence-electron chi connectivity index (χ1n) is 6.51. The number of carbonyl (C=O) groups is 2. The van der Waals surface area contributed by atoms with Crippen molar-refractivity contribution < 1.29 is 14.7 Å². The van der Waals surface area contributed by atoms with Crippen LogP contribution in [0.2, 0.25) is 0 Å². The Morgan fingerprint density at radius 2 is 2.05 bits per heavy atom. The van der Waals surface area contributed by atoms with Gasteiger partial charge in [-0.3, -0.25) is 4.79 Å². The molecule has 1 amide bonds. The van der Waals surface area contributed by atoms with E-state index in [1.807, 2.05) is 31.2 Å². The van der Waals surface area contributed by atoms with E-state index in [9.17, 15) is 9.59 Å². The molecule has 0 atom stereocenters. The summed E-state index contributed by atoms with van der Waals surface area (Å²) in [4.78, 5) is 27.8. The number of nitrogens with one attached hydrogen (secondary N) is 1. The Balaban J connectivity index is 2.12. The number of nitrogens with zero attached hydrogens (tertiary/aromatic N) is 1. The third kappa shape index (κ3) is 2.03. The number of hydrogen-bond acceptors (Lipinski definition) is 2. The topological polar surface area (TPSA) is 73.4 Å². The zero-order valence-corrected chi connectivity index (χ0v) is 11.7. The van der Waals surface area contributed by atoms with Crippen LogP contribution in [0.4, 0.5) is 5.69 Å². The maximum absolute atomic E-state index is 12.3. The van der Waals surface area contributed by atoms with Crippen LogP contribution < -0.4 is 4.90 Å². The number of para-hydroxylation sites is 1. The number of likely N-dealkylation sites (N-methyl/N-ethyl adjacent to an activating group) is 1. The fraction of sp³-hybridized carbons (Fsp3) is 0.125. The fourth-order valence-corrected chi connectivity index (χ4v) is 2.52. The normalized spacial score (nSPS) is 15.6. The highest BCUT2D eigenvalue weighted by Crippen LogP contribution is 2.36. The van der Waals surface area contributed by atoms with Crippen molar-refractivity contribution >= 4 is 29.2 Å². The second kappa shape index (κ2) is 4.63. The molecule has 0 unspecified atom stereocenters. The smallest absolute Gasteiger partial charge is 0.352 e. The van der Waals surface area contributed by atoms with E-state index in [1.165, 1.54) is 0 Å². The van der Waals surface area contributed by atoms with Gasteiger partial charge in [-0.05, 0) is 30.7 Å². The van der Waals surface area contributed by atoms with Crippen LogP contribution in [0, 0.1) is 6.92 Å². The predicted molar refractivity (Wildman–Crippen MR) is 80.2 cm³/mol. The van der Waals surface area contributed by atoms with Gasteiger partial charge in [-0.15, -0.1) is 0 Å². The Morgan fingerprint density at radius 3 is 2.71 bits per heavy atom. The van der Waals surface area contributed by atoms with E-state index in [4.69, 9.17) is 5.11 Å². The number of carbonyl (C=O) groups excluding carboxylic acids is 1. The fourth-order valence-electron chi connectivity index (χ4n) is 2.52. The number of rotatable bonds is 2. The first-order chi connectivity index (χ1) is 9.99. The molecule has 1 aromatic heterocycles. The summed E-state index contributed by atoms with van der Waals surface area (Å²) in [6.45, 7) is 1.81. The van der Waals surface area contributed by atoms with Crippen molar-refractivity contribution in [1.29, 1.82) is 0 Å². The summed E-state index contributed by atoms with van der Waals surface area (Å²) in [5.74, 6) is -1.11. The van der Waals surface area contributed by atoms with Gasteiger partial charge in [0.2, 0.25) is 0 Å². The average molecular weight is 282 g/mol. The molecule has 0 aliphatic carbocycles. The number of carboxylic acid groups (broad SMARTS) is 1. The Morgan fingerprint density at radius 1 is 1.33 bits per heavy atom. The van der Waals surface area contributed by atoms with Crippen molar-refractivity contribution in [2.75, 3.05) is 11.9 Å². The number of aromatic nitrogens is 1. The lowest BCUT2D eigenvalue weighted by Gasteiger charge is -2.07. The van der Waals surface area contributed by atoms with E-state index in [0.29, 0.717) is 11.3 Å². The molecule has 1 aliphatic rings. The molecule has 2 heterocycles. The minimum Gasteiger partial charge on any atom is -0.477 e. The van der Waals surface area contributed by atoms with E-state index in [2.05, 4.69) is 4.98 Å². The lowest BCUT2D eigenvalue weighted by molar-refractivity contribution is -0.112. The summed E-state index contributed by atoms with van der Waals surface area (Å²) in [5, 5.41) is 9.01. The zero-order chi connectivity index (χ0) is 15.1. The third-order valence-corrected chi connectivity index (χ3v) is 3.66. The summed E-state index contributed by atoms with van der Waals surface area (Å²) in [6.07, 6.45) is 1.71. The molecular weight excluding hydrogens is 268 g/mol. The van der Waals surface area contributed by atoms with E-state index < -0.39 is 5.97 Å². The number of aromatic carboxylic acids is 1. The van der Waals surface area contributed by atoms with Crippen molar-refractivity contribution in [1.82, 2.24) is 4.98 Å². The summed E-state index contributed by atoms with van der Waals surface area (Å²) >= 11 is 0. The van der Waals surface area contributed by atoms with Gasteiger partial charge in [0.15, 0.2) is 0 Å². The Labute approximate surface area is 121 Å². The van der Waals surface area contributed by atoms with Crippen LogP contribution in [0.3, 0.4) is 0 Å². The van der Waals surface area contributed by atoms with Crippen LogP contribution >= 0.6 is 0 Å². The monoisotopic (exact) mass is 282 g/mol. The molecule has 3 rings (SSSR count). The lowest BCUT2D eigenvalue weighted by Crippen LogP contribution is -2.20. The third-order valence-electron chi connectivity index (χ3n) is 3.66. The molecule has 0 bridgehead atoms. The molecule has 21 heavy (non-hydrogen) atoms. The standard InChI is InChI=1S/C16H14N2O3/c1-9-7-13(16(20)21)17-12(9)8-11-10-5-3-4-6-14(10)18(2)15(11)19/h3-8,17H,1-2H3,(H,20,21)/b11-8-. The number of anilines is 1. The lowest BCUT2D eigenvalue weighted by atomic mass is 10.1. The quantitative estimate of drug-likeness (QED) is 0.831. The molecule has 1 aliphatic heterocycles. The number of aryl methyl sites for hydroxylation is 1. The van der Waals surface area contributed by atoms with Crippen LogP contribution in [0.5, 0.6) is 0 Å². The number of amides is 1. The van der Waals surface area contributed by atoms with Gasteiger partial charge in [-0.25, -0.2) is 4.79 Å². The van der Waals surface area contributed by atoms with E-state index >= 15 is 0 Å². The van der Waals surface area contributed by atoms with Gasteiger partial charge in [-0.2, -0.15) is 0 Å². The second-order valence-electron chi connectivity index (χ2n) is 5.02. The molecule has 0 spiro atoms. The highest BCUT2D eigenvalue weighted by molar-refractivity contribution is 6.35. The highest BCUT2D eigenvalue weighted by Gasteiger charge is 2.29. The van der Waals surface area contributed by atoms with Crippen molar-refractivity contribution in [2.24, 2.45) is 0 Å². The maximum atomic E-state index is 12.3. The van der Waals surface area contributed by atoms with Gasteiger partial charge in [-0.1, -0.05) is 18.2 Å². The van der Waals surface area contributed by atoms with Crippen LogP contribution in [0.1, 0.15) is 27.3 Å². The molecule has 2 N–H and O–H groups in total. The summed E-state index contributed by atoms with van der Waals surface area (Å²) in [5.41, 5.74) is 3.83. The molecule has 5 heteroatoms. The van der Waals surface area contributed by atoms with Crippen molar-refractivity contribution in [3.63, 3.8) is 0 Å². The van der Waals surface area contributed by atoms with E-state index in [-0.39, 0.29) is 11.6 Å². The number of H-pyrrole nitrogens is 1. The van der Waals surface area contributed by atoms with Gasteiger partial charge in [0, 0.05) is 18.3 Å². The van der Waals surface area contributed by atoms with Crippen LogP contribution in [-0.2, 0) is 4.79 Å². The molecule has 5 nitrogen and oxygen atoms in total. The number of benzene rings is 1. The molecular formula is C16H14N2O3. The molecule has 2 aromatic rings. The molecule has 0 saturated heterocycles. The van der Waals surface area contributed by atoms with Crippen LogP contribution in [0.25, 0.3) is 11.6 Å². The van der Waals surface area contributed by atoms with E-state index in [0.717, 1.165) is 16.8 Å². The Kier molecular flexibility index (Phi) is 2.90. The molecule has 0 saturated carbocycles. The van der Waals surface area contributed by atoms with Gasteiger partial charge < -0.3 is 15.0 Å². The van der Waals surface area contributed by atoms with Crippen LogP contribution in [0.15, 0.2) is 30.3 Å². The number of carboxylic acids is 1. The van der Waals surface area contributed by atoms with Gasteiger partial charge in [0.25, 0.3) is 5.91 Å². The predicted octanol–water partition coefficient (Wildman–Crippen LogP) is 2.54. The number of hydrogen-bond donors (Lipinski definition) is 2.